The van der Waals surface area contributed by atoms with Crippen LogP contribution in [-0.2, 0) is 24.6 Å². The summed E-state index contributed by atoms with van der Waals surface area (Å²) in [5.74, 6) is -0.484. The van der Waals surface area contributed by atoms with Crippen LogP contribution in [0.4, 0.5) is 13.2 Å². The van der Waals surface area contributed by atoms with E-state index in [1.54, 1.807) is 4.90 Å². The van der Waals surface area contributed by atoms with Gasteiger partial charge in [0.15, 0.2) is 0 Å². The van der Waals surface area contributed by atoms with Crippen LogP contribution in [0.25, 0.3) is 0 Å². The minimum Gasteiger partial charge on any atom is -0.353 e. The molecule has 1 heterocycles. The average Bonchev–Trinajstić information content (AvgIpc) is 3.20. The quantitative estimate of drug-likeness (QED) is 0.504. The Bertz CT molecular complexity index is 978. The predicted octanol–water partition coefficient (Wildman–Crippen LogP) is 5.50. The molecule has 34 heavy (non-hydrogen) atoms. The Balaban J connectivity index is 1.86. The van der Waals surface area contributed by atoms with E-state index in [1.165, 1.54) is 17.0 Å². The average molecular weight is 478 g/mol. The van der Waals surface area contributed by atoms with Crippen LogP contribution in [0.15, 0.2) is 42.6 Å². The molecule has 1 aliphatic carbocycles. The molecule has 186 valence electrons. The molecular formula is C26H34F3N3O2. The normalized spacial score (nSPS) is 14.9. The van der Waals surface area contributed by atoms with Gasteiger partial charge in [0.25, 0.3) is 5.91 Å². The van der Waals surface area contributed by atoms with Gasteiger partial charge in [-0.3, -0.25) is 9.59 Å². The third kappa shape index (κ3) is 6.64. The Morgan fingerprint density at radius 3 is 2.38 bits per heavy atom. The highest BCUT2D eigenvalue weighted by Crippen LogP contribution is 2.31. The zero-order chi connectivity index (χ0) is 24.9. The van der Waals surface area contributed by atoms with Crippen molar-refractivity contribution in [2.24, 2.45) is 13.0 Å². The van der Waals surface area contributed by atoms with E-state index in [2.05, 4.69) is 0 Å². The van der Waals surface area contributed by atoms with Gasteiger partial charge < -0.3 is 14.4 Å². The molecule has 0 spiro atoms. The molecule has 1 aromatic carbocycles. The number of halogens is 3. The SMILES string of the molecule is CC(C)CN(Cc1cccn1C)C(=O)CN(C(=O)c1cccc(C(F)(F)F)c1)C1CCCCC1. The number of benzene rings is 1. The van der Waals surface area contributed by atoms with Crippen LogP contribution in [0.5, 0.6) is 0 Å². The van der Waals surface area contributed by atoms with E-state index in [0.29, 0.717) is 13.1 Å². The molecular weight excluding hydrogens is 443 g/mol. The van der Waals surface area contributed by atoms with E-state index >= 15 is 0 Å². The third-order valence-corrected chi connectivity index (χ3v) is 6.36. The largest absolute Gasteiger partial charge is 0.416 e. The first-order valence-electron chi connectivity index (χ1n) is 11.9. The smallest absolute Gasteiger partial charge is 0.353 e. The molecule has 5 nitrogen and oxygen atoms in total. The van der Waals surface area contributed by atoms with Gasteiger partial charge in [-0.2, -0.15) is 13.2 Å². The molecule has 0 unspecified atom stereocenters. The van der Waals surface area contributed by atoms with Gasteiger partial charge in [0, 0.05) is 37.1 Å². The number of amides is 2. The van der Waals surface area contributed by atoms with Crippen molar-refractivity contribution in [3.63, 3.8) is 0 Å². The van der Waals surface area contributed by atoms with Gasteiger partial charge >= 0.3 is 6.18 Å². The summed E-state index contributed by atoms with van der Waals surface area (Å²) in [6.45, 7) is 4.85. The van der Waals surface area contributed by atoms with Crippen molar-refractivity contribution in [1.82, 2.24) is 14.4 Å². The predicted molar refractivity (Wildman–Crippen MR) is 125 cm³/mol. The van der Waals surface area contributed by atoms with Crippen LogP contribution in [0.3, 0.4) is 0 Å². The molecule has 1 saturated carbocycles. The highest BCUT2D eigenvalue weighted by atomic mass is 19.4. The summed E-state index contributed by atoms with van der Waals surface area (Å²) in [5.41, 5.74) is 0.0758. The molecule has 0 bridgehead atoms. The van der Waals surface area contributed by atoms with E-state index in [4.69, 9.17) is 0 Å². The van der Waals surface area contributed by atoms with Crippen LogP contribution in [-0.4, -0.2) is 45.3 Å². The highest BCUT2D eigenvalue weighted by Gasteiger charge is 2.33. The van der Waals surface area contributed by atoms with Crippen molar-refractivity contribution in [3.8, 4) is 0 Å². The van der Waals surface area contributed by atoms with Crippen molar-refractivity contribution in [2.45, 2.75) is 64.7 Å². The van der Waals surface area contributed by atoms with Crippen molar-refractivity contribution in [3.05, 3.63) is 59.4 Å². The molecule has 0 N–H and O–H groups in total. The first-order valence-corrected chi connectivity index (χ1v) is 11.9. The second kappa shape index (κ2) is 11.1. The first kappa shape index (κ1) is 25.8. The molecule has 1 aliphatic rings. The van der Waals surface area contributed by atoms with Crippen LogP contribution in [0.1, 0.15) is 67.6 Å². The second-order valence-electron chi connectivity index (χ2n) is 9.58. The van der Waals surface area contributed by atoms with Crippen LogP contribution >= 0.6 is 0 Å². The fourth-order valence-electron chi connectivity index (χ4n) is 4.55. The number of hydrogen-bond donors (Lipinski definition) is 0. The summed E-state index contributed by atoms with van der Waals surface area (Å²) in [7, 11) is 1.92. The fourth-order valence-corrected chi connectivity index (χ4v) is 4.55. The minimum atomic E-state index is -4.54. The summed E-state index contributed by atoms with van der Waals surface area (Å²) < 4.78 is 41.7. The molecule has 1 fully saturated rings. The maximum Gasteiger partial charge on any atom is 0.416 e. The summed E-state index contributed by atoms with van der Waals surface area (Å²) in [6.07, 6.45) is 1.81. The van der Waals surface area contributed by atoms with Crippen molar-refractivity contribution in [1.29, 1.82) is 0 Å². The van der Waals surface area contributed by atoms with Gasteiger partial charge in [0.2, 0.25) is 5.91 Å². The highest BCUT2D eigenvalue weighted by molar-refractivity contribution is 5.97. The molecule has 0 radical (unpaired) electrons. The Hall–Kier alpha value is -2.77. The number of rotatable bonds is 8. The van der Waals surface area contributed by atoms with Crippen molar-refractivity contribution < 1.29 is 22.8 Å². The number of alkyl halides is 3. The van der Waals surface area contributed by atoms with Gasteiger partial charge in [-0.1, -0.05) is 39.2 Å². The van der Waals surface area contributed by atoms with Crippen LogP contribution < -0.4 is 0 Å². The zero-order valence-corrected chi connectivity index (χ0v) is 20.1. The van der Waals surface area contributed by atoms with E-state index in [9.17, 15) is 22.8 Å². The standard InChI is InChI=1S/C26H34F3N3O2/c1-19(2)16-31(17-23-13-8-14-30(23)3)24(33)18-32(22-11-5-4-6-12-22)25(34)20-9-7-10-21(15-20)26(27,28)29/h7-10,13-15,19,22H,4-6,11-12,16-18H2,1-3H3. The molecule has 8 heteroatoms. The number of hydrogen-bond acceptors (Lipinski definition) is 2. The number of carbonyl (C=O) groups is 2. The summed E-state index contributed by atoms with van der Waals surface area (Å²) in [5, 5.41) is 0. The Morgan fingerprint density at radius 1 is 1.09 bits per heavy atom. The first-order chi connectivity index (χ1) is 16.1. The number of aryl methyl sites for hydroxylation is 1. The van der Waals surface area contributed by atoms with Crippen molar-refractivity contribution >= 4 is 11.8 Å². The molecule has 0 saturated heterocycles. The van der Waals surface area contributed by atoms with Crippen molar-refractivity contribution in [2.75, 3.05) is 13.1 Å². The third-order valence-electron chi connectivity index (χ3n) is 6.36. The van der Waals surface area contributed by atoms with Gasteiger partial charge in [-0.15, -0.1) is 0 Å². The van der Waals surface area contributed by atoms with Gasteiger partial charge in [-0.05, 0) is 49.1 Å². The van der Waals surface area contributed by atoms with Crippen LogP contribution in [0, 0.1) is 5.92 Å². The summed E-state index contributed by atoms with van der Waals surface area (Å²) in [4.78, 5) is 30.2. The van der Waals surface area contributed by atoms with Gasteiger partial charge in [0.05, 0.1) is 12.1 Å². The Kier molecular flexibility index (Phi) is 8.44. The van der Waals surface area contributed by atoms with E-state index in [-0.39, 0.29) is 30.0 Å². The summed E-state index contributed by atoms with van der Waals surface area (Å²) in [6, 6.07) is 8.20. The molecule has 0 atom stereocenters. The zero-order valence-electron chi connectivity index (χ0n) is 20.1. The van der Waals surface area contributed by atoms with E-state index < -0.39 is 17.6 Å². The lowest BCUT2D eigenvalue weighted by atomic mass is 9.93. The fraction of sp³-hybridized carbons (Fsp3) is 0.538. The van der Waals surface area contributed by atoms with Gasteiger partial charge in [-0.25, -0.2) is 0 Å². The molecule has 2 aromatic rings. The van der Waals surface area contributed by atoms with Gasteiger partial charge in [0.1, 0.15) is 6.54 Å². The van der Waals surface area contributed by atoms with E-state index in [0.717, 1.165) is 49.9 Å². The number of nitrogens with zero attached hydrogens (tertiary/aromatic N) is 3. The maximum atomic E-state index is 13.5. The number of aromatic nitrogens is 1. The monoisotopic (exact) mass is 477 g/mol. The number of carbonyl (C=O) groups excluding carboxylic acids is 2. The van der Waals surface area contributed by atoms with E-state index in [1.807, 2.05) is 43.8 Å². The maximum absolute atomic E-state index is 13.5. The molecule has 2 amide bonds. The lowest BCUT2D eigenvalue weighted by Gasteiger charge is -2.36. The second-order valence-corrected chi connectivity index (χ2v) is 9.58. The topological polar surface area (TPSA) is 45.6 Å². The minimum absolute atomic E-state index is 0.0361. The summed E-state index contributed by atoms with van der Waals surface area (Å²) >= 11 is 0. The lowest BCUT2D eigenvalue weighted by molar-refractivity contribution is -0.137. The lowest BCUT2D eigenvalue weighted by Crippen LogP contribution is -2.48. The Labute approximate surface area is 199 Å². The Morgan fingerprint density at radius 2 is 1.79 bits per heavy atom. The molecule has 1 aromatic heterocycles. The molecule has 0 aliphatic heterocycles. The molecule has 3 rings (SSSR count). The van der Waals surface area contributed by atoms with Crippen LogP contribution in [0.2, 0.25) is 0 Å².